The third kappa shape index (κ3) is 2.10. The minimum absolute atomic E-state index is 0.538. The zero-order valence-electron chi connectivity index (χ0n) is 7.86. The van der Waals surface area contributed by atoms with Gasteiger partial charge in [-0.3, -0.25) is 9.59 Å². The molecule has 1 aromatic rings. The summed E-state index contributed by atoms with van der Waals surface area (Å²) in [5, 5.41) is 0. The summed E-state index contributed by atoms with van der Waals surface area (Å²) in [6, 6.07) is 6.95. The Morgan fingerprint density at radius 2 is 1.50 bits per heavy atom. The van der Waals surface area contributed by atoms with Crippen LogP contribution in [0.5, 0.6) is 0 Å². The minimum atomic E-state index is -1.03. The second-order valence-electron chi connectivity index (χ2n) is 3.15. The first-order chi connectivity index (χ1) is 6.52. The molecule has 0 saturated heterocycles. The van der Waals surface area contributed by atoms with Gasteiger partial charge < -0.3 is 11.5 Å². The van der Waals surface area contributed by atoms with E-state index in [1.165, 1.54) is 0 Å². The van der Waals surface area contributed by atoms with Crippen LogP contribution in [0.1, 0.15) is 17.0 Å². The van der Waals surface area contributed by atoms with Crippen LogP contribution in [0.4, 0.5) is 0 Å². The van der Waals surface area contributed by atoms with Crippen molar-refractivity contribution < 1.29 is 9.59 Å². The van der Waals surface area contributed by atoms with Gasteiger partial charge in [0.2, 0.25) is 11.8 Å². The van der Waals surface area contributed by atoms with Crippen molar-refractivity contribution in [1.29, 1.82) is 0 Å². The Labute approximate surface area is 81.9 Å². The topological polar surface area (TPSA) is 86.2 Å². The van der Waals surface area contributed by atoms with E-state index >= 15 is 0 Å². The molecule has 4 heteroatoms. The molecule has 0 aliphatic heterocycles. The highest BCUT2D eigenvalue weighted by Gasteiger charge is 2.23. The number of amides is 2. The molecular weight excluding hydrogens is 180 g/mol. The molecule has 1 rings (SSSR count). The SMILES string of the molecule is Cc1ccc(C(C(N)=O)C(N)=O)cc1. The summed E-state index contributed by atoms with van der Waals surface area (Å²) in [6.45, 7) is 1.91. The molecule has 2 amide bonds. The van der Waals surface area contributed by atoms with Gasteiger partial charge in [-0.15, -0.1) is 0 Å². The van der Waals surface area contributed by atoms with E-state index in [4.69, 9.17) is 11.5 Å². The maximum Gasteiger partial charge on any atom is 0.234 e. The summed E-state index contributed by atoms with van der Waals surface area (Å²) in [5.41, 5.74) is 11.7. The predicted octanol–water partition coefficient (Wildman–Crippen LogP) is 0.0492. The van der Waals surface area contributed by atoms with Crippen molar-refractivity contribution in [2.45, 2.75) is 12.8 Å². The first kappa shape index (κ1) is 10.2. The fourth-order valence-electron chi connectivity index (χ4n) is 1.23. The second-order valence-corrected chi connectivity index (χ2v) is 3.15. The number of rotatable bonds is 3. The fourth-order valence-corrected chi connectivity index (χ4v) is 1.23. The van der Waals surface area contributed by atoms with Gasteiger partial charge in [0.25, 0.3) is 0 Å². The quantitative estimate of drug-likeness (QED) is 0.663. The molecule has 0 aliphatic rings. The van der Waals surface area contributed by atoms with Crippen molar-refractivity contribution >= 4 is 11.8 Å². The van der Waals surface area contributed by atoms with E-state index in [0.717, 1.165) is 5.56 Å². The molecule has 0 bridgehead atoms. The van der Waals surface area contributed by atoms with E-state index in [2.05, 4.69) is 0 Å². The number of carbonyl (C=O) groups is 2. The molecule has 4 N–H and O–H groups in total. The van der Waals surface area contributed by atoms with Crippen LogP contribution < -0.4 is 11.5 Å². The van der Waals surface area contributed by atoms with Crippen LogP contribution in [0.25, 0.3) is 0 Å². The average molecular weight is 192 g/mol. The van der Waals surface area contributed by atoms with E-state index in [-0.39, 0.29) is 0 Å². The molecule has 0 heterocycles. The Kier molecular flexibility index (Phi) is 2.86. The van der Waals surface area contributed by atoms with Gasteiger partial charge in [-0.1, -0.05) is 29.8 Å². The van der Waals surface area contributed by atoms with Crippen LogP contribution in [0, 0.1) is 6.92 Å². The third-order valence-electron chi connectivity index (χ3n) is 1.98. The van der Waals surface area contributed by atoms with E-state index in [1.807, 2.05) is 6.92 Å². The molecule has 0 aliphatic carbocycles. The van der Waals surface area contributed by atoms with Gasteiger partial charge in [0.1, 0.15) is 5.92 Å². The zero-order valence-corrected chi connectivity index (χ0v) is 7.86. The van der Waals surface area contributed by atoms with Crippen molar-refractivity contribution in [2.75, 3.05) is 0 Å². The predicted molar refractivity (Wildman–Crippen MR) is 52.3 cm³/mol. The summed E-state index contributed by atoms with van der Waals surface area (Å²) in [5.74, 6) is -2.47. The molecule has 74 valence electrons. The number of hydrogen-bond acceptors (Lipinski definition) is 2. The lowest BCUT2D eigenvalue weighted by Crippen LogP contribution is -2.32. The van der Waals surface area contributed by atoms with Crippen LogP contribution in [-0.4, -0.2) is 11.8 Å². The highest BCUT2D eigenvalue weighted by atomic mass is 16.2. The second kappa shape index (κ2) is 3.91. The highest BCUT2D eigenvalue weighted by Crippen LogP contribution is 2.15. The Morgan fingerprint density at radius 1 is 1.07 bits per heavy atom. The van der Waals surface area contributed by atoms with E-state index in [9.17, 15) is 9.59 Å². The van der Waals surface area contributed by atoms with Crippen molar-refractivity contribution in [3.8, 4) is 0 Å². The monoisotopic (exact) mass is 192 g/mol. The lowest BCUT2D eigenvalue weighted by molar-refractivity contribution is -0.128. The molecule has 0 unspecified atom stereocenters. The fraction of sp³-hybridized carbons (Fsp3) is 0.200. The first-order valence-electron chi connectivity index (χ1n) is 4.17. The van der Waals surface area contributed by atoms with Crippen molar-refractivity contribution in [1.82, 2.24) is 0 Å². The van der Waals surface area contributed by atoms with Crippen LogP contribution in [0.2, 0.25) is 0 Å². The molecular formula is C10H12N2O2. The first-order valence-corrected chi connectivity index (χ1v) is 4.17. The summed E-state index contributed by atoms with van der Waals surface area (Å²) < 4.78 is 0. The molecule has 0 radical (unpaired) electrons. The summed E-state index contributed by atoms with van der Waals surface area (Å²) >= 11 is 0. The molecule has 0 atom stereocenters. The largest absolute Gasteiger partial charge is 0.369 e. The Hall–Kier alpha value is -1.84. The Bertz CT molecular complexity index is 343. The zero-order chi connectivity index (χ0) is 10.7. The number of carbonyl (C=O) groups excluding carboxylic acids is 2. The number of aryl methyl sites for hydroxylation is 1. The van der Waals surface area contributed by atoms with Gasteiger partial charge in [-0.05, 0) is 12.5 Å². The summed E-state index contributed by atoms with van der Waals surface area (Å²) in [7, 11) is 0. The van der Waals surface area contributed by atoms with Gasteiger partial charge in [-0.2, -0.15) is 0 Å². The van der Waals surface area contributed by atoms with Gasteiger partial charge >= 0.3 is 0 Å². The third-order valence-corrected chi connectivity index (χ3v) is 1.98. The van der Waals surface area contributed by atoms with Crippen LogP contribution >= 0.6 is 0 Å². The van der Waals surface area contributed by atoms with Crippen LogP contribution in [-0.2, 0) is 9.59 Å². The minimum Gasteiger partial charge on any atom is -0.369 e. The molecule has 0 fully saturated rings. The lowest BCUT2D eigenvalue weighted by Gasteiger charge is -2.09. The lowest BCUT2D eigenvalue weighted by atomic mass is 9.97. The van der Waals surface area contributed by atoms with Gasteiger partial charge in [-0.25, -0.2) is 0 Å². The maximum atomic E-state index is 10.9. The Balaban J connectivity index is 3.06. The van der Waals surface area contributed by atoms with Crippen LogP contribution in [0.15, 0.2) is 24.3 Å². The van der Waals surface area contributed by atoms with E-state index in [0.29, 0.717) is 5.56 Å². The number of hydrogen-bond donors (Lipinski definition) is 2. The smallest absolute Gasteiger partial charge is 0.234 e. The molecule has 4 nitrogen and oxygen atoms in total. The standard InChI is InChI=1S/C10H12N2O2/c1-6-2-4-7(5-3-6)8(9(11)13)10(12)14/h2-5,8H,1H3,(H2,11,13)(H2,12,14). The number of nitrogens with two attached hydrogens (primary N) is 2. The molecule has 0 aromatic heterocycles. The normalized spacial score (nSPS) is 10.1. The number of benzene rings is 1. The van der Waals surface area contributed by atoms with Crippen molar-refractivity contribution in [2.24, 2.45) is 11.5 Å². The van der Waals surface area contributed by atoms with Crippen molar-refractivity contribution in [3.05, 3.63) is 35.4 Å². The summed E-state index contributed by atoms with van der Waals surface area (Å²) in [4.78, 5) is 21.9. The van der Waals surface area contributed by atoms with Gasteiger partial charge in [0.15, 0.2) is 0 Å². The molecule has 0 saturated carbocycles. The summed E-state index contributed by atoms with van der Waals surface area (Å²) in [6.07, 6.45) is 0. The van der Waals surface area contributed by atoms with Gasteiger partial charge in [0.05, 0.1) is 0 Å². The van der Waals surface area contributed by atoms with Crippen LogP contribution in [0.3, 0.4) is 0 Å². The average Bonchev–Trinajstić information content (AvgIpc) is 2.07. The number of primary amides is 2. The molecule has 14 heavy (non-hydrogen) atoms. The molecule has 0 spiro atoms. The highest BCUT2D eigenvalue weighted by molar-refractivity contribution is 6.04. The molecule has 1 aromatic carbocycles. The Morgan fingerprint density at radius 3 is 1.86 bits per heavy atom. The maximum absolute atomic E-state index is 10.9. The van der Waals surface area contributed by atoms with E-state index < -0.39 is 17.7 Å². The van der Waals surface area contributed by atoms with Gasteiger partial charge in [0, 0.05) is 0 Å². The van der Waals surface area contributed by atoms with E-state index in [1.54, 1.807) is 24.3 Å². The van der Waals surface area contributed by atoms with Crippen molar-refractivity contribution in [3.63, 3.8) is 0 Å².